The van der Waals surface area contributed by atoms with Crippen molar-refractivity contribution in [2.75, 3.05) is 32.1 Å². The number of nitrogens with one attached hydrogen (secondary N) is 2. The number of fused-ring (bicyclic) bond motifs is 1. The number of nitrogens with zero attached hydrogens (tertiary/aromatic N) is 2. The molecule has 2 N–H and O–H groups in total. The molecule has 0 spiro atoms. The third-order valence-electron chi connectivity index (χ3n) is 4.78. The van der Waals surface area contributed by atoms with E-state index in [0.717, 1.165) is 24.2 Å². The maximum absolute atomic E-state index is 13.0. The zero-order valence-corrected chi connectivity index (χ0v) is 16.7. The lowest BCUT2D eigenvalue weighted by Crippen LogP contribution is -2.44. The Labute approximate surface area is 170 Å². The van der Waals surface area contributed by atoms with Crippen LogP contribution in [0.5, 0.6) is 0 Å². The van der Waals surface area contributed by atoms with Gasteiger partial charge in [-0.2, -0.15) is 0 Å². The normalized spacial score (nSPS) is 15.3. The van der Waals surface area contributed by atoms with Crippen LogP contribution in [0.2, 0.25) is 0 Å². The molecule has 0 saturated heterocycles. The summed E-state index contributed by atoms with van der Waals surface area (Å²) in [5.74, 6) is -1.77. The van der Waals surface area contributed by atoms with E-state index in [1.807, 2.05) is 67.5 Å². The molecule has 2 aromatic carbocycles. The maximum Gasteiger partial charge on any atom is 0.310 e. The molecule has 0 aromatic heterocycles. The summed E-state index contributed by atoms with van der Waals surface area (Å²) >= 11 is 0. The Morgan fingerprint density at radius 2 is 1.69 bits per heavy atom. The molecular formula is C22H26N4O3. The van der Waals surface area contributed by atoms with Crippen LogP contribution in [0.1, 0.15) is 23.6 Å². The first-order valence-electron chi connectivity index (χ1n) is 9.65. The predicted octanol–water partition coefficient (Wildman–Crippen LogP) is 1.46. The van der Waals surface area contributed by atoms with Crippen LogP contribution in [-0.2, 0) is 20.9 Å². The van der Waals surface area contributed by atoms with Crippen LogP contribution in [0.15, 0.2) is 54.6 Å². The molecule has 2 aromatic rings. The molecule has 0 aliphatic carbocycles. The minimum absolute atomic E-state index is 0.246. The number of amides is 3. The summed E-state index contributed by atoms with van der Waals surface area (Å²) in [6.45, 7) is 1.62. The van der Waals surface area contributed by atoms with Gasteiger partial charge < -0.3 is 20.4 Å². The van der Waals surface area contributed by atoms with Crippen molar-refractivity contribution in [3.05, 3.63) is 65.7 Å². The van der Waals surface area contributed by atoms with Gasteiger partial charge >= 0.3 is 11.8 Å². The van der Waals surface area contributed by atoms with Gasteiger partial charge in [-0.05, 0) is 38.7 Å². The van der Waals surface area contributed by atoms with Crippen molar-refractivity contribution in [1.29, 1.82) is 0 Å². The van der Waals surface area contributed by atoms with E-state index < -0.39 is 17.9 Å². The van der Waals surface area contributed by atoms with Gasteiger partial charge in [0, 0.05) is 17.8 Å². The molecule has 0 radical (unpaired) electrons. The second-order valence-corrected chi connectivity index (χ2v) is 7.29. The van der Waals surface area contributed by atoms with E-state index in [2.05, 4.69) is 10.6 Å². The molecule has 7 heteroatoms. The molecule has 0 bridgehead atoms. The molecule has 152 valence electrons. The van der Waals surface area contributed by atoms with Gasteiger partial charge in [0.1, 0.15) is 6.04 Å². The summed E-state index contributed by atoms with van der Waals surface area (Å²) in [7, 11) is 3.89. The quantitative estimate of drug-likeness (QED) is 0.550. The lowest BCUT2D eigenvalue weighted by Gasteiger charge is -2.18. The average molecular weight is 394 g/mol. The van der Waals surface area contributed by atoms with Gasteiger partial charge in [-0.25, -0.2) is 0 Å². The maximum atomic E-state index is 13.0. The molecule has 7 nitrogen and oxygen atoms in total. The zero-order valence-electron chi connectivity index (χ0n) is 16.7. The highest BCUT2D eigenvalue weighted by atomic mass is 16.2. The fraction of sp³-hybridized carbons (Fsp3) is 0.318. The Balaban J connectivity index is 1.67. The third-order valence-corrected chi connectivity index (χ3v) is 4.78. The van der Waals surface area contributed by atoms with E-state index in [4.69, 9.17) is 0 Å². The van der Waals surface area contributed by atoms with E-state index in [1.54, 1.807) is 11.0 Å². The topological polar surface area (TPSA) is 81.8 Å². The highest BCUT2D eigenvalue weighted by Crippen LogP contribution is 2.36. The van der Waals surface area contributed by atoms with Crippen molar-refractivity contribution in [2.24, 2.45) is 0 Å². The highest BCUT2D eigenvalue weighted by molar-refractivity contribution is 6.35. The van der Waals surface area contributed by atoms with E-state index >= 15 is 0 Å². The fourth-order valence-corrected chi connectivity index (χ4v) is 3.33. The summed E-state index contributed by atoms with van der Waals surface area (Å²) in [6.07, 6.45) is 0.738. The highest BCUT2D eigenvalue weighted by Gasteiger charge is 2.38. The van der Waals surface area contributed by atoms with Gasteiger partial charge in [0.2, 0.25) is 0 Å². The monoisotopic (exact) mass is 394 g/mol. The van der Waals surface area contributed by atoms with Crippen LogP contribution in [0.3, 0.4) is 0 Å². The zero-order chi connectivity index (χ0) is 20.8. The van der Waals surface area contributed by atoms with Crippen molar-refractivity contribution in [2.45, 2.75) is 19.0 Å². The van der Waals surface area contributed by atoms with Gasteiger partial charge in [-0.15, -0.1) is 0 Å². The number of carbonyl (C=O) groups excluding carboxylic acids is 3. The Bertz CT molecular complexity index is 883. The molecule has 3 rings (SSSR count). The average Bonchev–Trinajstić information content (AvgIpc) is 2.97. The number of hydrogen-bond acceptors (Lipinski definition) is 4. The Morgan fingerprint density at radius 1 is 1.00 bits per heavy atom. The number of carbonyl (C=O) groups is 3. The fourth-order valence-electron chi connectivity index (χ4n) is 3.33. The molecule has 0 fully saturated rings. The first-order valence-corrected chi connectivity index (χ1v) is 9.65. The molecule has 3 amide bonds. The smallest absolute Gasteiger partial charge is 0.310 e. The molecule has 1 aliphatic heterocycles. The lowest BCUT2D eigenvalue weighted by molar-refractivity contribution is -0.140. The second kappa shape index (κ2) is 9.34. The van der Waals surface area contributed by atoms with Gasteiger partial charge in [-0.1, -0.05) is 48.5 Å². The lowest BCUT2D eigenvalue weighted by atomic mass is 10.1. The van der Waals surface area contributed by atoms with Crippen LogP contribution in [0, 0.1) is 0 Å². The predicted molar refractivity (Wildman–Crippen MR) is 111 cm³/mol. The summed E-state index contributed by atoms with van der Waals surface area (Å²) in [4.78, 5) is 41.1. The summed E-state index contributed by atoms with van der Waals surface area (Å²) in [5.41, 5.74) is 2.43. The molecule has 0 saturated carbocycles. The van der Waals surface area contributed by atoms with Crippen molar-refractivity contribution in [1.82, 2.24) is 15.5 Å². The van der Waals surface area contributed by atoms with Crippen LogP contribution in [0.4, 0.5) is 5.69 Å². The van der Waals surface area contributed by atoms with Gasteiger partial charge in [-0.3, -0.25) is 14.4 Å². The van der Waals surface area contributed by atoms with E-state index in [0.29, 0.717) is 18.7 Å². The van der Waals surface area contributed by atoms with Crippen LogP contribution < -0.4 is 15.5 Å². The number of rotatable bonds is 7. The molecule has 1 unspecified atom stereocenters. The van der Waals surface area contributed by atoms with E-state index in [-0.39, 0.29) is 5.91 Å². The first-order chi connectivity index (χ1) is 14.0. The number of hydrogen-bond donors (Lipinski definition) is 2. The van der Waals surface area contributed by atoms with Crippen molar-refractivity contribution < 1.29 is 14.4 Å². The van der Waals surface area contributed by atoms with Crippen LogP contribution >= 0.6 is 0 Å². The SMILES string of the molecule is CN(C)CCCNC(=O)C(=O)NC1C(=O)N(Cc2ccccc2)c2ccccc21. The minimum atomic E-state index is -0.866. The second-order valence-electron chi connectivity index (χ2n) is 7.29. The van der Waals surface area contributed by atoms with Crippen LogP contribution in [-0.4, -0.2) is 49.8 Å². The summed E-state index contributed by atoms with van der Waals surface area (Å²) in [6, 6.07) is 16.1. The van der Waals surface area contributed by atoms with Crippen molar-refractivity contribution in [3.8, 4) is 0 Å². The Kier molecular flexibility index (Phi) is 6.61. The first kappa shape index (κ1) is 20.5. The minimum Gasteiger partial charge on any atom is -0.348 e. The Hall–Kier alpha value is -3.19. The molecule has 1 atom stereocenters. The number of benzene rings is 2. The number of anilines is 1. The molecular weight excluding hydrogens is 368 g/mol. The molecule has 29 heavy (non-hydrogen) atoms. The van der Waals surface area contributed by atoms with Gasteiger partial charge in [0.25, 0.3) is 5.91 Å². The molecule has 1 aliphatic rings. The number of para-hydroxylation sites is 1. The van der Waals surface area contributed by atoms with Gasteiger partial charge in [0.15, 0.2) is 0 Å². The largest absolute Gasteiger partial charge is 0.348 e. The summed E-state index contributed by atoms with van der Waals surface area (Å²) < 4.78 is 0. The van der Waals surface area contributed by atoms with E-state index in [1.165, 1.54) is 0 Å². The standard InChI is InChI=1S/C22H26N4O3/c1-25(2)14-8-13-23-20(27)21(28)24-19-17-11-6-7-12-18(17)26(22(19)29)15-16-9-4-3-5-10-16/h3-7,9-12,19H,8,13-15H2,1-2H3,(H,23,27)(H,24,28). The van der Waals surface area contributed by atoms with Crippen molar-refractivity contribution in [3.63, 3.8) is 0 Å². The van der Waals surface area contributed by atoms with E-state index in [9.17, 15) is 14.4 Å². The Morgan fingerprint density at radius 3 is 2.41 bits per heavy atom. The van der Waals surface area contributed by atoms with Gasteiger partial charge in [0.05, 0.1) is 6.54 Å². The third kappa shape index (κ3) is 5.00. The van der Waals surface area contributed by atoms with Crippen molar-refractivity contribution >= 4 is 23.4 Å². The summed E-state index contributed by atoms with van der Waals surface area (Å²) in [5, 5.41) is 5.20. The van der Waals surface area contributed by atoms with Crippen LogP contribution in [0.25, 0.3) is 0 Å². The molecule has 1 heterocycles.